The zero-order valence-corrected chi connectivity index (χ0v) is 10.5. The van der Waals surface area contributed by atoms with Crippen molar-refractivity contribution < 1.29 is 14.3 Å². The SMILES string of the molecule is CCCc1nc(-c2ncccc2F)sc1C(=O)O. The van der Waals surface area contributed by atoms with Crippen LogP contribution in [0.3, 0.4) is 0 Å². The van der Waals surface area contributed by atoms with Crippen LogP contribution in [0.4, 0.5) is 4.39 Å². The van der Waals surface area contributed by atoms with Crippen molar-refractivity contribution in [1.82, 2.24) is 9.97 Å². The summed E-state index contributed by atoms with van der Waals surface area (Å²) in [7, 11) is 0. The second-order valence-corrected chi connectivity index (χ2v) is 4.68. The molecule has 4 nitrogen and oxygen atoms in total. The Hall–Kier alpha value is -1.82. The smallest absolute Gasteiger partial charge is 0.347 e. The van der Waals surface area contributed by atoms with E-state index in [4.69, 9.17) is 5.11 Å². The zero-order chi connectivity index (χ0) is 13.1. The lowest BCUT2D eigenvalue weighted by molar-refractivity contribution is 0.0700. The lowest BCUT2D eigenvalue weighted by atomic mass is 10.2. The van der Waals surface area contributed by atoms with Gasteiger partial charge in [-0.1, -0.05) is 13.3 Å². The van der Waals surface area contributed by atoms with Gasteiger partial charge in [0.25, 0.3) is 0 Å². The van der Waals surface area contributed by atoms with Crippen LogP contribution in [0, 0.1) is 5.82 Å². The highest BCUT2D eigenvalue weighted by atomic mass is 32.1. The summed E-state index contributed by atoms with van der Waals surface area (Å²) in [6.07, 6.45) is 2.81. The third-order valence-electron chi connectivity index (χ3n) is 2.34. The van der Waals surface area contributed by atoms with E-state index in [-0.39, 0.29) is 10.6 Å². The van der Waals surface area contributed by atoms with E-state index in [0.717, 1.165) is 17.8 Å². The molecule has 0 unspecified atom stereocenters. The van der Waals surface area contributed by atoms with E-state index < -0.39 is 11.8 Å². The van der Waals surface area contributed by atoms with Gasteiger partial charge >= 0.3 is 5.97 Å². The molecule has 6 heteroatoms. The van der Waals surface area contributed by atoms with Gasteiger partial charge in [0, 0.05) is 6.20 Å². The van der Waals surface area contributed by atoms with E-state index in [1.54, 1.807) is 0 Å². The minimum absolute atomic E-state index is 0.104. The number of rotatable bonds is 4. The highest BCUT2D eigenvalue weighted by Gasteiger charge is 2.19. The first-order valence-corrected chi connectivity index (χ1v) is 6.29. The number of carboxylic acids is 1. The van der Waals surface area contributed by atoms with Crippen LogP contribution in [-0.2, 0) is 6.42 Å². The van der Waals surface area contributed by atoms with Gasteiger partial charge in [0.2, 0.25) is 0 Å². The van der Waals surface area contributed by atoms with Crippen LogP contribution < -0.4 is 0 Å². The van der Waals surface area contributed by atoms with Crippen molar-refractivity contribution in [1.29, 1.82) is 0 Å². The summed E-state index contributed by atoms with van der Waals surface area (Å²) in [5.41, 5.74) is 0.599. The van der Waals surface area contributed by atoms with Crippen molar-refractivity contribution >= 4 is 17.3 Å². The van der Waals surface area contributed by atoms with Crippen LogP contribution in [0.15, 0.2) is 18.3 Å². The Morgan fingerprint density at radius 3 is 2.94 bits per heavy atom. The van der Waals surface area contributed by atoms with Crippen LogP contribution in [0.2, 0.25) is 0 Å². The van der Waals surface area contributed by atoms with Gasteiger partial charge in [-0.25, -0.2) is 14.2 Å². The Balaban J connectivity index is 2.50. The zero-order valence-electron chi connectivity index (χ0n) is 9.68. The van der Waals surface area contributed by atoms with Crippen molar-refractivity contribution in [2.24, 2.45) is 0 Å². The molecule has 0 atom stereocenters. The molecular weight excluding hydrogens is 255 g/mol. The van der Waals surface area contributed by atoms with Gasteiger partial charge < -0.3 is 5.11 Å². The van der Waals surface area contributed by atoms with E-state index in [1.807, 2.05) is 6.92 Å². The van der Waals surface area contributed by atoms with E-state index >= 15 is 0 Å². The average molecular weight is 266 g/mol. The maximum atomic E-state index is 13.6. The fraction of sp³-hybridized carbons (Fsp3) is 0.250. The molecule has 0 aliphatic heterocycles. The third-order valence-corrected chi connectivity index (χ3v) is 3.43. The summed E-state index contributed by atoms with van der Waals surface area (Å²) < 4.78 is 13.6. The summed E-state index contributed by atoms with van der Waals surface area (Å²) in [6, 6.07) is 2.77. The monoisotopic (exact) mass is 266 g/mol. The Labute approximate surface area is 107 Å². The van der Waals surface area contributed by atoms with Crippen LogP contribution in [-0.4, -0.2) is 21.0 Å². The molecule has 0 spiro atoms. The normalized spacial score (nSPS) is 10.6. The number of nitrogens with zero attached hydrogens (tertiary/aromatic N) is 2. The van der Waals surface area contributed by atoms with Crippen LogP contribution >= 0.6 is 11.3 Å². The summed E-state index contributed by atoms with van der Waals surface area (Å²) in [6.45, 7) is 1.94. The number of hydrogen-bond donors (Lipinski definition) is 1. The van der Waals surface area contributed by atoms with Gasteiger partial charge in [-0.05, 0) is 18.6 Å². The van der Waals surface area contributed by atoms with E-state index in [0.29, 0.717) is 17.1 Å². The molecule has 0 saturated carbocycles. The molecule has 94 valence electrons. The molecule has 0 fully saturated rings. The highest BCUT2D eigenvalue weighted by Crippen LogP contribution is 2.29. The lowest BCUT2D eigenvalue weighted by Crippen LogP contribution is -1.98. The number of aromatic nitrogens is 2. The molecule has 2 rings (SSSR count). The van der Waals surface area contributed by atoms with Gasteiger partial charge in [0.1, 0.15) is 15.6 Å². The molecule has 0 aliphatic carbocycles. The summed E-state index contributed by atoms with van der Waals surface area (Å²) in [5.74, 6) is -1.52. The number of aryl methyl sites for hydroxylation is 1. The predicted octanol–water partition coefficient (Wildman–Crippen LogP) is 2.99. The number of pyridine rings is 1. The number of carbonyl (C=O) groups is 1. The summed E-state index contributed by atoms with van der Waals surface area (Å²) in [5, 5.41) is 9.39. The van der Waals surface area contributed by atoms with Crippen molar-refractivity contribution in [2.45, 2.75) is 19.8 Å². The molecule has 0 saturated heterocycles. The fourth-order valence-electron chi connectivity index (χ4n) is 1.57. The maximum absolute atomic E-state index is 13.6. The van der Waals surface area contributed by atoms with Gasteiger partial charge in [0.05, 0.1) is 5.69 Å². The Bertz CT molecular complexity index is 583. The Morgan fingerprint density at radius 2 is 2.33 bits per heavy atom. The van der Waals surface area contributed by atoms with Crippen molar-refractivity contribution in [3.8, 4) is 10.7 Å². The van der Waals surface area contributed by atoms with Crippen molar-refractivity contribution in [3.05, 3.63) is 34.7 Å². The molecule has 2 aromatic heterocycles. The molecule has 0 aromatic carbocycles. The lowest BCUT2D eigenvalue weighted by Gasteiger charge is -1.95. The first-order chi connectivity index (χ1) is 8.63. The van der Waals surface area contributed by atoms with E-state index in [2.05, 4.69) is 9.97 Å². The third kappa shape index (κ3) is 2.38. The predicted molar refractivity (Wildman–Crippen MR) is 66.3 cm³/mol. The van der Waals surface area contributed by atoms with Gasteiger partial charge in [-0.2, -0.15) is 0 Å². The Kier molecular flexibility index (Phi) is 3.66. The maximum Gasteiger partial charge on any atom is 0.347 e. The molecule has 0 aliphatic rings. The summed E-state index contributed by atoms with van der Waals surface area (Å²) >= 11 is 0.962. The number of aromatic carboxylic acids is 1. The molecule has 0 amide bonds. The van der Waals surface area contributed by atoms with Crippen LogP contribution in [0.1, 0.15) is 28.7 Å². The second kappa shape index (κ2) is 5.22. The number of halogens is 1. The van der Waals surface area contributed by atoms with E-state index in [1.165, 1.54) is 18.3 Å². The molecule has 0 bridgehead atoms. The number of carboxylic acid groups (broad SMARTS) is 1. The molecule has 18 heavy (non-hydrogen) atoms. The quantitative estimate of drug-likeness (QED) is 0.924. The number of thiazole rings is 1. The molecule has 0 radical (unpaired) electrons. The largest absolute Gasteiger partial charge is 0.477 e. The second-order valence-electron chi connectivity index (χ2n) is 3.68. The topological polar surface area (TPSA) is 63.1 Å². The van der Waals surface area contributed by atoms with Crippen LogP contribution in [0.25, 0.3) is 10.7 Å². The van der Waals surface area contributed by atoms with Crippen molar-refractivity contribution in [2.75, 3.05) is 0 Å². The molecule has 2 aromatic rings. The van der Waals surface area contributed by atoms with Crippen LogP contribution in [0.5, 0.6) is 0 Å². The average Bonchev–Trinajstić information content (AvgIpc) is 2.74. The molecule has 1 N–H and O–H groups in total. The van der Waals surface area contributed by atoms with Gasteiger partial charge in [-0.15, -0.1) is 11.3 Å². The fourth-order valence-corrected chi connectivity index (χ4v) is 2.52. The standard InChI is InChI=1S/C12H11FN2O2S/c1-2-4-8-10(12(16)17)18-11(15-8)9-7(13)5-3-6-14-9/h3,5-6H,2,4H2,1H3,(H,16,17). The first-order valence-electron chi connectivity index (χ1n) is 5.47. The van der Waals surface area contributed by atoms with Crippen molar-refractivity contribution in [3.63, 3.8) is 0 Å². The minimum Gasteiger partial charge on any atom is -0.477 e. The van der Waals surface area contributed by atoms with Gasteiger partial charge in [0.15, 0.2) is 5.82 Å². The molecular formula is C12H11FN2O2S. The Morgan fingerprint density at radius 1 is 1.56 bits per heavy atom. The van der Waals surface area contributed by atoms with Gasteiger partial charge in [-0.3, -0.25) is 4.98 Å². The molecule has 2 heterocycles. The summed E-state index contributed by atoms with van der Waals surface area (Å²) in [4.78, 5) is 19.3. The first kappa shape index (κ1) is 12.6. The number of hydrogen-bond acceptors (Lipinski definition) is 4. The van der Waals surface area contributed by atoms with E-state index in [9.17, 15) is 9.18 Å². The minimum atomic E-state index is -1.03. The highest BCUT2D eigenvalue weighted by molar-refractivity contribution is 7.17.